The van der Waals surface area contributed by atoms with Crippen LogP contribution >= 0.6 is 0 Å². The third kappa shape index (κ3) is 4.11. The number of hydrogen-bond acceptors (Lipinski definition) is 10. The lowest BCUT2D eigenvalue weighted by Crippen LogP contribution is -2.48. The second-order valence-corrected chi connectivity index (χ2v) is 10.4. The summed E-state index contributed by atoms with van der Waals surface area (Å²) in [6, 6.07) is 4.39. The fraction of sp³-hybridized carbons (Fsp3) is 0.464. The van der Waals surface area contributed by atoms with Crippen molar-refractivity contribution in [2.45, 2.75) is 63.3 Å². The van der Waals surface area contributed by atoms with Crippen LogP contribution in [0.1, 0.15) is 75.8 Å². The normalized spacial score (nSPS) is 29.8. The molecule has 0 spiro atoms. The van der Waals surface area contributed by atoms with Crippen molar-refractivity contribution in [2.24, 2.45) is 5.92 Å². The Bertz CT molecular complexity index is 1390. The van der Waals surface area contributed by atoms with E-state index in [0.29, 0.717) is 0 Å². The first kappa shape index (κ1) is 27.2. The lowest BCUT2D eigenvalue weighted by molar-refractivity contribution is -0.261. The molecule has 0 saturated carbocycles. The molecule has 3 aliphatic rings. The number of hydrogen-bond donors (Lipinski definition) is 4. The number of methoxy groups -OCH3 is 1. The summed E-state index contributed by atoms with van der Waals surface area (Å²) in [5, 5.41) is 44.2. The van der Waals surface area contributed by atoms with Crippen LogP contribution in [0.2, 0.25) is 0 Å². The molecular weight excluding hydrogens is 515 g/mol. The summed E-state index contributed by atoms with van der Waals surface area (Å²) in [5.74, 6) is -3.78. The molecule has 39 heavy (non-hydrogen) atoms. The van der Waals surface area contributed by atoms with Crippen LogP contribution in [-0.2, 0) is 20.7 Å². The van der Waals surface area contributed by atoms with Crippen molar-refractivity contribution in [1.29, 1.82) is 0 Å². The van der Waals surface area contributed by atoms with Crippen molar-refractivity contribution in [2.75, 3.05) is 13.8 Å². The molecule has 0 radical (unpaired) electrons. The van der Waals surface area contributed by atoms with Gasteiger partial charge >= 0.3 is 0 Å². The summed E-state index contributed by atoms with van der Waals surface area (Å²) in [6.45, 7) is 1.85. The topological polar surface area (TPSA) is 160 Å². The number of aliphatic hydroxyl groups excluding tert-OH is 1. The maximum atomic E-state index is 13.6. The number of benzene rings is 2. The minimum atomic E-state index is -2.04. The predicted molar refractivity (Wildman–Crippen MR) is 132 cm³/mol. The molecule has 5 unspecified atom stereocenters. The van der Waals surface area contributed by atoms with Gasteiger partial charge in [-0.15, -0.1) is 0 Å². The summed E-state index contributed by atoms with van der Waals surface area (Å²) in [4.78, 5) is 39.6. The molecule has 0 amide bonds. The number of fused-ring (bicyclic) bond motifs is 3. The van der Waals surface area contributed by atoms with E-state index in [1.54, 1.807) is 6.92 Å². The van der Waals surface area contributed by atoms with E-state index in [4.69, 9.17) is 14.2 Å². The van der Waals surface area contributed by atoms with Gasteiger partial charge in [0.1, 0.15) is 35.6 Å². The number of ether oxygens (including phenoxy) is 3. The Morgan fingerprint density at radius 2 is 1.85 bits per heavy atom. The van der Waals surface area contributed by atoms with Gasteiger partial charge in [-0.05, 0) is 18.9 Å². The maximum absolute atomic E-state index is 13.6. The van der Waals surface area contributed by atoms with Crippen LogP contribution in [0.4, 0.5) is 4.39 Å². The van der Waals surface area contributed by atoms with Gasteiger partial charge in [-0.25, -0.2) is 4.39 Å². The Morgan fingerprint density at radius 3 is 2.49 bits per heavy atom. The number of carbonyl (C=O) groups excluding carboxylic acids is 3. The predicted octanol–water partition coefficient (Wildman–Crippen LogP) is 2.29. The lowest BCUT2D eigenvalue weighted by atomic mass is 9.72. The zero-order chi connectivity index (χ0) is 28.4. The molecule has 0 bridgehead atoms. The molecule has 2 aromatic carbocycles. The van der Waals surface area contributed by atoms with Gasteiger partial charge in [0, 0.05) is 36.0 Å². The van der Waals surface area contributed by atoms with E-state index in [2.05, 4.69) is 0 Å². The van der Waals surface area contributed by atoms with Gasteiger partial charge in [0.05, 0.1) is 36.0 Å². The molecule has 10 nitrogen and oxygen atoms in total. The summed E-state index contributed by atoms with van der Waals surface area (Å²) in [5.41, 5.74) is -3.28. The molecule has 2 aromatic rings. The number of carbonyl (C=O) groups is 3. The molecule has 0 aromatic heterocycles. The summed E-state index contributed by atoms with van der Waals surface area (Å²) in [7, 11) is 1.33. The molecule has 1 fully saturated rings. The summed E-state index contributed by atoms with van der Waals surface area (Å²) < 4.78 is 30.4. The second-order valence-electron chi connectivity index (χ2n) is 10.4. The van der Waals surface area contributed by atoms with Crippen molar-refractivity contribution < 1.29 is 53.4 Å². The third-order valence-corrected chi connectivity index (χ3v) is 8.05. The molecule has 1 heterocycles. The standard InChI is InChI=1S/C28H29FO10/c1-11-7-18(39-17(10-29)23(11)31)38-16-9-28(36,12(2)30)8-14-20(16)27(35)22-21(25(14)33)24(32)13-5-4-6-15(37-3)19(13)26(22)34/h4-6,11,16-18,23,31,33,35-36H,7-10H2,1-3H3/t11?,16?,17?,18?,23?,28-/m0/s1. The summed E-state index contributed by atoms with van der Waals surface area (Å²) >= 11 is 0. The third-order valence-electron chi connectivity index (χ3n) is 8.05. The number of phenolic OH excluding ortho intramolecular Hbond substituents is 2. The fourth-order valence-electron chi connectivity index (χ4n) is 5.84. The van der Waals surface area contributed by atoms with E-state index < -0.39 is 89.2 Å². The number of aliphatic hydroxyl groups is 2. The Balaban J connectivity index is 1.67. The van der Waals surface area contributed by atoms with Gasteiger partial charge in [-0.1, -0.05) is 19.1 Å². The first-order valence-corrected chi connectivity index (χ1v) is 12.6. The van der Waals surface area contributed by atoms with Crippen LogP contribution < -0.4 is 4.74 Å². The van der Waals surface area contributed by atoms with Crippen molar-refractivity contribution in [3.05, 3.63) is 51.6 Å². The molecule has 6 atom stereocenters. The first-order valence-electron chi connectivity index (χ1n) is 12.6. The largest absolute Gasteiger partial charge is 0.507 e. The Hall–Kier alpha value is -3.38. The molecule has 11 heteroatoms. The number of aromatic hydroxyl groups is 2. The number of ketones is 3. The van der Waals surface area contributed by atoms with Crippen molar-refractivity contribution >= 4 is 17.3 Å². The number of Topliss-reactive ketones (excluding diaryl/α,β-unsaturated/α-hetero) is 1. The number of halogens is 1. The highest BCUT2D eigenvalue weighted by molar-refractivity contribution is 6.31. The Kier molecular flexibility index (Phi) is 6.74. The highest BCUT2D eigenvalue weighted by atomic mass is 19.1. The fourth-order valence-corrected chi connectivity index (χ4v) is 5.84. The van der Waals surface area contributed by atoms with Crippen molar-refractivity contribution in [3.8, 4) is 17.2 Å². The molecule has 2 aliphatic carbocycles. The van der Waals surface area contributed by atoms with Crippen molar-refractivity contribution in [3.63, 3.8) is 0 Å². The van der Waals surface area contributed by atoms with Crippen LogP contribution in [0.25, 0.3) is 0 Å². The SMILES string of the molecule is COc1cccc2c1C(=O)c1c(O)c3c(c(O)c1C2=O)C[C@@](O)(C(C)=O)CC3OC1CC(C)C(O)C(CF)O1. The monoisotopic (exact) mass is 544 g/mol. The van der Waals surface area contributed by atoms with Crippen LogP contribution in [0.3, 0.4) is 0 Å². The molecule has 1 saturated heterocycles. The Labute approximate surface area is 222 Å². The van der Waals surface area contributed by atoms with Crippen molar-refractivity contribution in [1.82, 2.24) is 0 Å². The van der Waals surface area contributed by atoms with Crippen LogP contribution in [0.15, 0.2) is 18.2 Å². The van der Waals surface area contributed by atoms with E-state index in [0.717, 1.165) is 6.92 Å². The number of phenols is 2. The second kappa shape index (κ2) is 9.67. The van der Waals surface area contributed by atoms with Crippen LogP contribution in [0.5, 0.6) is 17.2 Å². The van der Waals surface area contributed by atoms with E-state index >= 15 is 0 Å². The quantitative estimate of drug-likeness (QED) is 0.351. The van der Waals surface area contributed by atoms with Gasteiger partial charge in [-0.3, -0.25) is 14.4 Å². The molecule has 4 N–H and O–H groups in total. The van der Waals surface area contributed by atoms with Gasteiger partial charge < -0.3 is 34.6 Å². The van der Waals surface area contributed by atoms with Gasteiger partial charge in [0.25, 0.3) is 0 Å². The van der Waals surface area contributed by atoms with E-state index in [1.807, 2.05) is 0 Å². The highest BCUT2D eigenvalue weighted by Crippen LogP contribution is 2.52. The van der Waals surface area contributed by atoms with Crippen LogP contribution in [0, 0.1) is 5.92 Å². The first-order chi connectivity index (χ1) is 18.4. The number of rotatable bonds is 5. The van der Waals surface area contributed by atoms with Gasteiger partial charge in [0.2, 0.25) is 5.78 Å². The smallest absolute Gasteiger partial charge is 0.202 e. The van der Waals surface area contributed by atoms with E-state index in [1.165, 1.54) is 25.3 Å². The number of alkyl halides is 1. The summed E-state index contributed by atoms with van der Waals surface area (Å²) in [6.07, 6.45) is -5.36. The van der Waals surface area contributed by atoms with Gasteiger partial charge in [-0.2, -0.15) is 0 Å². The highest BCUT2D eigenvalue weighted by Gasteiger charge is 2.49. The maximum Gasteiger partial charge on any atom is 0.202 e. The van der Waals surface area contributed by atoms with E-state index in [-0.39, 0.29) is 40.8 Å². The lowest BCUT2D eigenvalue weighted by Gasteiger charge is -2.42. The minimum absolute atomic E-state index is 0.0349. The molecular formula is C28H29FO10. The molecule has 5 rings (SSSR count). The minimum Gasteiger partial charge on any atom is -0.507 e. The van der Waals surface area contributed by atoms with Gasteiger partial charge in [0.15, 0.2) is 17.9 Å². The van der Waals surface area contributed by atoms with Crippen LogP contribution in [-0.4, -0.2) is 75.7 Å². The average Bonchev–Trinajstić information content (AvgIpc) is 2.90. The Morgan fingerprint density at radius 1 is 1.15 bits per heavy atom. The zero-order valence-corrected chi connectivity index (χ0v) is 21.6. The average molecular weight is 545 g/mol. The molecule has 208 valence electrons. The molecule has 1 aliphatic heterocycles. The zero-order valence-electron chi connectivity index (χ0n) is 21.6. The van der Waals surface area contributed by atoms with E-state index in [9.17, 15) is 39.2 Å².